The Kier molecular flexibility index (Phi) is 48.6. The van der Waals surface area contributed by atoms with Gasteiger partial charge in [-0.05, 0) is 31.1 Å². The fraction of sp³-hybridized carbons (Fsp3) is 0.947. The number of esters is 3. The molecule has 2 atom stereocenters. The normalized spacial score (nSPS) is 12.5. The van der Waals surface area contributed by atoms with Crippen molar-refractivity contribution in [3.63, 3.8) is 0 Å². The van der Waals surface area contributed by atoms with Crippen molar-refractivity contribution >= 4 is 17.9 Å². The first-order chi connectivity index (χ1) is 30.8. The Morgan fingerprint density at radius 2 is 0.603 bits per heavy atom. The van der Waals surface area contributed by atoms with Gasteiger partial charge in [0.1, 0.15) is 13.2 Å². The highest BCUT2D eigenvalue weighted by molar-refractivity contribution is 5.71. The minimum atomic E-state index is -0.762. The van der Waals surface area contributed by atoms with E-state index >= 15 is 0 Å². The van der Waals surface area contributed by atoms with Crippen molar-refractivity contribution in [2.24, 2.45) is 11.8 Å². The van der Waals surface area contributed by atoms with Gasteiger partial charge in [-0.15, -0.1) is 0 Å². The summed E-state index contributed by atoms with van der Waals surface area (Å²) in [6.45, 7) is 11.4. The van der Waals surface area contributed by atoms with Crippen LogP contribution in [0.25, 0.3) is 0 Å². The molecule has 6 heteroatoms. The maximum absolute atomic E-state index is 12.8. The highest BCUT2D eigenvalue weighted by atomic mass is 16.6. The highest BCUT2D eigenvalue weighted by Crippen LogP contribution is 2.18. The number of unbranched alkanes of at least 4 members (excludes halogenated alkanes) is 35. The molecule has 1 unspecified atom stereocenters. The average Bonchev–Trinajstić information content (AvgIpc) is 3.27. The number of hydrogen-bond acceptors (Lipinski definition) is 6. The van der Waals surface area contributed by atoms with Crippen LogP contribution >= 0.6 is 0 Å². The van der Waals surface area contributed by atoms with E-state index in [0.29, 0.717) is 19.3 Å². The van der Waals surface area contributed by atoms with Crippen molar-refractivity contribution in [3.05, 3.63) is 0 Å². The summed E-state index contributed by atoms with van der Waals surface area (Å²) < 4.78 is 16.9. The van der Waals surface area contributed by atoms with E-state index in [-0.39, 0.29) is 31.1 Å². The molecule has 0 rings (SSSR count). The van der Waals surface area contributed by atoms with Crippen LogP contribution in [0.4, 0.5) is 0 Å². The number of rotatable bonds is 51. The first-order valence-corrected chi connectivity index (χ1v) is 28.3. The molecule has 63 heavy (non-hydrogen) atoms. The maximum atomic E-state index is 12.8. The zero-order chi connectivity index (χ0) is 46.1. The van der Waals surface area contributed by atoms with E-state index in [2.05, 4.69) is 34.6 Å². The summed E-state index contributed by atoms with van der Waals surface area (Å²) in [5.41, 5.74) is 0. The molecule has 0 bridgehead atoms. The quantitative estimate of drug-likeness (QED) is 0.0344. The van der Waals surface area contributed by atoms with Gasteiger partial charge >= 0.3 is 17.9 Å². The first-order valence-electron chi connectivity index (χ1n) is 28.3. The maximum Gasteiger partial charge on any atom is 0.306 e. The van der Waals surface area contributed by atoms with Gasteiger partial charge < -0.3 is 14.2 Å². The highest BCUT2D eigenvalue weighted by Gasteiger charge is 2.19. The average molecular weight is 892 g/mol. The van der Waals surface area contributed by atoms with Gasteiger partial charge in [-0.3, -0.25) is 14.4 Å². The molecule has 6 nitrogen and oxygen atoms in total. The zero-order valence-electron chi connectivity index (χ0n) is 43.2. The molecule has 0 amide bonds. The molecule has 0 aliphatic rings. The van der Waals surface area contributed by atoms with Crippen LogP contribution in [0.15, 0.2) is 0 Å². The molecular weight excluding hydrogens is 781 g/mol. The van der Waals surface area contributed by atoms with Gasteiger partial charge in [0.15, 0.2) is 6.10 Å². The summed E-state index contributed by atoms with van der Waals surface area (Å²) in [5, 5.41) is 0. The van der Waals surface area contributed by atoms with Crippen molar-refractivity contribution in [2.45, 2.75) is 323 Å². The lowest BCUT2D eigenvalue weighted by molar-refractivity contribution is -0.167. The fourth-order valence-electron chi connectivity index (χ4n) is 8.66. The van der Waals surface area contributed by atoms with Crippen LogP contribution in [0.1, 0.15) is 317 Å². The summed E-state index contributed by atoms with van der Waals surface area (Å²) in [4.78, 5) is 38.1. The smallest absolute Gasteiger partial charge is 0.306 e. The lowest BCUT2D eigenvalue weighted by atomic mass is 9.99. The van der Waals surface area contributed by atoms with Gasteiger partial charge in [0.25, 0.3) is 0 Å². The molecule has 0 radical (unpaired) electrons. The van der Waals surface area contributed by atoms with Crippen LogP contribution in [-0.2, 0) is 28.6 Å². The van der Waals surface area contributed by atoms with E-state index in [1.165, 1.54) is 205 Å². The molecule has 0 aromatic rings. The van der Waals surface area contributed by atoms with Crippen molar-refractivity contribution in [3.8, 4) is 0 Å². The largest absolute Gasteiger partial charge is 0.462 e. The van der Waals surface area contributed by atoms with E-state index in [1.54, 1.807) is 0 Å². The Labute approximate surface area is 393 Å². The number of carbonyl (C=O) groups is 3. The lowest BCUT2D eigenvalue weighted by Gasteiger charge is -2.18. The topological polar surface area (TPSA) is 78.9 Å². The van der Waals surface area contributed by atoms with E-state index < -0.39 is 6.10 Å². The molecule has 0 spiro atoms. The van der Waals surface area contributed by atoms with Gasteiger partial charge in [-0.2, -0.15) is 0 Å². The summed E-state index contributed by atoms with van der Waals surface area (Å²) in [6, 6.07) is 0. The molecule has 0 aromatic heterocycles. The Morgan fingerprint density at radius 1 is 0.333 bits per heavy atom. The zero-order valence-corrected chi connectivity index (χ0v) is 43.2. The summed E-state index contributed by atoms with van der Waals surface area (Å²) in [6.07, 6.45) is 52.3. The standard InChI is InChI=1S/C57H110O6/c1-6-8-9-10-11-12-13-14-15-16-21-24-27-34-39-44-49-57(60)63-54(51-62-56(59)48-43-38-33-29-28-30-35-40-45-52(3)4)50-61-55(58)47-42-37-32-26-23-20-18-17-19-22-25-31-36-41-46-53(5)7-2/h52-54H,6-51H2,1-5H3/t53?,54-/m1/s1. The van der Waals surface area contributed by atoms with Crippen LogP contribution in [0.2, 0.25) is 0 Å². The van der Waals surface area contributed by atoms with Crippen LogP contribution < -0.4 is 0 Å². The van der Waals surface area contributed by atoms with Gasteiger partial charge in [0.05, 0.1) is 0 Å². The first kappa shape index (κ1) is 61.4. The second-order valence-electron chi connectivity index (χ2n) is 20.3. The summed E-state index contributed by atoms with van der Waals surface area (Å²) >= 11 is 0. The second kappa shape index (κ2) is 49.8. The van der Waals surface area contributed by atoms with Gasteiger partial charge in [0.2, 0.25) is 0 Å². The third-order valence-corrected chi connectivity index (χ3v) is 13.3. The molecule has 0 aromatic carbocycles. The third kappa shape index (κ3) is 49.7. The van der Waals surface area contributed by atoms with Crippen molar-refractivity contribution in [1.82, 2.24) is 0 Å². The molecule has 0 saturated heterocycles. The minimum Gasteiger partial charge on any atom is -0.462 e. The molecule has 0 aliphatic heterocycles. The van der Waals surface area contributed by atoms with E-state index in [4.69, 9.17) is 14.2 Å². The van der Waals surface area contributed by atoms with Crippen LogP contribution in [0, 0.1) is 11.8 Å². The molecule has 0 fully saturated rings. The fourth-order valence-corrected chi connectivity index (χ4v) is 8.66. The third-order valence-electron chi connectivity index (χ3n) is 13.3. The monoisotopic (exact) mass is 891 g/mol. The predicted molar refractivity (Wildman–Crippen MR) is 270 cm³/mol. The van der Waals surface area contributed by atoms with E-state index in [1.807, 2.05) is 0 Å². The van der Waals surface area contributed by atoms with Gasteiger partial charge in [0, 0.05) is 19.3 Å². The number of ether oxygens (including phenoxy) is 3. The minimum absolute atomic E-state index is 0.0633. The Bertz CT molecular complexity index is 964. The lowest BCUT2D eigenvalue weighted by Crippen LogP contribution is -2.30. The second-order valence-corrected chi connectivity index (χ2v) is 20.3. The molecule has 0 N–H and O–H groups in total. The summed E-state index contributed by atoms with van der Waals surface area (Å²) in [5.74, 6) is 0.849. The predicted octanol–water partition coefficient (Wildman–Crippen LogP) is 18.5. The molecule has 0 saturated carbocycles. The number of carbonyl (C=O) groups excluding carboxylic acids is 3. The van der Waals surface area contributed by atoms with Crippen LogP contribution in [0.3, 0.4) is 0 Å². The Hall–Kier alpha value is -1.59. The SMILES string of the molecule is CCCCCCCCCCCCCCCCCCC(=O)O[C@H](COC(=O)CCCCCCCCCCCCCCCCC(C)CC)COC(=O)CCCCCCCCCCC(C)C. The van der Waals surface area contributed by atoms with Crippen LogP contribution in [-0.4, -0.2) is 37.2 Å². The molecule has 0 aliphatic carbocycles. The summed E-state index contributed by atoms with van der Waals surface area (Å²) in [7, 11) is 0. The number of hydrogen-bond donors (Lipinski definition) is 0. The molecular formula is C57H110O6. The Balaban J connectivity index is 4.27. The van der Waals surface area contributed by atoms with Gasteiger partial charge in [-0.25, -0.2) is 0 Å². The van der Waals surface area contributed by atoms with Crippen molar-refractivity contribution in [2.75, 3.05) is 13.2 Å². The Morgan fingerprint density at radius 3 is 0.905 bits per heavy atom. The van der Waals surface area contributed by atoms with E-state index in [0.717, 1.165) is 69.6 Å². The van der Waals surface area contributed by atoms with Gasteiger partial charge in [-0.1, -0.05) is 279 Å². The van der Waals surface area contributed by atoms with Crippen molar-refractivity contribution in [1.29, 1.82) is 0 Å². The van der Waals surface area contributed by atoms with Crippen molar-refractivity contribution < 1.29 is 28.6 Å². The molecule has 374 valence electrons. The van der Waals surface area contributed by atoms with Crippen LogP contribution in [0.5, 0.6) is 0 Å². The molecule has 0 heterocycles. The van der Waals surface area contributed by atoms with E-state index in [9.17, 15) is 14.4 Å².